The average molecular weight is 331 g/mol. The second-order valence-corrected chi connectivity index (χ2v) is 6.00. The number of benzene rings is 1. The van der Waals surface area contributed by atoms with E-state index in [1.807, 2.05) is 13.8 Å². The summed E-state index contributed by atoms with van der Waals surface area (Å²) >= 11 is 0.429. The lowest BCUT2D eigenvalue weighted by molar-refractivity contribution is -0.125. The van der Waals surface area contributed by atoms with E-state index in [4.69, 9.17) is 5.73 Å². The zero-order chi connectivity index (χ0) is 16.7. The third-order valence-corrected chi connectivity index (χ3v) is 3.53. The molecule has 8 heteroatoms. The van der Waals surface area contributed by atoms with E-state index in [1.165, 1.54) is 24.3 Å². The molecule has 0 unspecified atom stereocenters. The van der Waals surface area contributed by atoms with Gasteiger partial charge in [-0.2, -0.15) is 8.78 Å². The first-order chi connectivity index (χ1) is 10.3. The van der Waals surface area contributed by atoms with Gasteiger partial charge in [0.25, 0.3) is 5.76 Å². The molecule has 1 aromatic rings. The van der Waals surface area contributed by atoms with Gasteiger partial charge in [-0.25, -0.2) is 0 Å². The van der Waals surface area contributed by atoms with Gasteiger partial charge in [0.05, 0.1) is 12.6 Å². The lowest BCUT2D eigenvalue weighted by Crippen LogP contribution is -2.46. The fourth-order valence-electron chi connectivity index (χ4n) is 1.51. The molecule has 1 aromatic carbocycles. The Kier molecular flexibility index (Phi) is 7.26. The summed E-state index contributed by atoms with van der Waals surface area (Å²) in [5.41, 5.74) is 6.11. The molecule has 0 saturated heterocycles. The maximum Gasteiger partial charge on any atom is 0.288 e. The van der Waals surface area contributed by atoms with Gasteiger partial charge in [0.2, 0.25) is 11.8 Å². The molecule has 0 heterocycles. The van der Waals surface area contributed by atoms with Gasteiger partial charge in [-0.1, -0.05) is 25.6 Å². The highest BCUT2D eigenvalue weighted by atomic mass is 32.2. The van der Waals surface area contributed by atoms with E-state index in [2.05, 4.69) is 10.6 Å². The number of nitrogens with two attached hydrogens (primary N) is 1. The number of alkyl halides is 2. The van der Waals surface area contributed by atoms with Gasteiger partial charge >= 0.3 is 0 Å². The Balaban J connectivity index is 2.43. The summed E-state index contributed by atoms with van der Waals surface area (Å²) in [7, 11) is 0. The van der Waals surface area contributed by atoms with Crippen molar-refractivity contribution in [3.8, 4) is 0 Å². The van der Waals surface area contributed by atoms with Crippen molar-refractivity contribution in [2.24, 2.45) is 11.7 Å². The molecule has 2 amide bonds. The van der Waals surface area contributed by atoms with Crippen molar-refractivity contribution in [1.82, 2.24) is 5.32 Å². The fraction of sp³-hybridized carbons (Fsp3) is 0.429. The van der Waals surface area contributed by atoms with Crippen LogP contribution in [0.15, 0.2) is 29.2 Å². The number of amides is 2. The van der Waals surface area contributed by atoms with Crippen LogP contribution in [0.4, 0.5) is 14.5 Å². The first-order valence-electron chi connectivity index (χ1n) is 6.67. The molecule has 0 radical (unpaired) electrons. The number of carbonyl (C=O) groups is 2. The first kappa shape index (κ1) is 18.4. The number of nitrogens with one attached hydrogen (secondary N) is 2. The van der Waals surface area contributed by atoms with E-state index in [-0.39, 0.29) is 12.5 Å². The van der Waals surface area contributed by atoms with Crippen LogP contribution in [0.25, 0.3) is 0 Å². The van der Waals surface area contributed by atoms with Crippen LogP contribution in [0.1, 0.15) is 13.8 Å². The summed E-state index contributed by atoms with van der Waals surface area (Å²) in [6.07, 6.45) is 0. The Morgan fingerprint density at radius 1 is 1.23 bits per heavy atom. The van der Waals surface area contributed by atoms with Gasteiger partial charge in [0.1, 0.15) is 0 Å². The average Bonchev–Trinajstić information content (AvgIpc) is 2.45. The summed E-state index contributed by atoms with van der Waals surface area (Å²) in [6.45, 7) is 3.42. The minimum atomic E-state index is -2.49. The van der Waals surface area contributed by atoms with Gasteiger partial charge < -0.3 is 16.4 Å². The number of carbonyl (C=O) groups excluding carboxylic acids is 2. The number of hydrogen-bond donors (Lipinski definition) is 3. The van der Waals surface area contributed by atoms with Crippen molar-refractivity contribution in [1.29, 1.82) is 0 Å². The van der Waals surface area contributed by atoms with Gasteiger partial charge in [0, 0.05) is 10.6 Å². The molecule has 0 aliphatic rings. The Bertz CT molecular complexity index is 509. The van der Waals surface area contributed by atoms with E-state index in [0.29, 0.717) is 22.3 Å². The van der Waals surface area contributed by atoms with Crippen molar-refractivity contribution < 1.29 is 18.4 Å². The number of anilines is 1. The predicted octanol–water partition coefficient (Wildman–Crippen LogP) is 2.04. The van der Waals surface area contributed by atoms with Crippen LogP contribution in [0, 0.1) is 5.92 Å². The molecular weight excluding hydrogens is 312 g/mol. The topological polar surface area (TPSA) is 84.2 Å². The van der Waals surface area contributed by atoms with E-state index >= 15 is 0 Å². The molecule has 5 nitrogen and oxygen atoms in total. The number of rotatable bonds is 7. The summed E-state index contributed by atoms with van der Waals surface area (Å²) in [4.78, 5) is 23.7. The smallest absolute Gasteiger partial charge is 0.288 e. The van der Waals surface area contributed by atoms with Crippen LogP contribution < -0.4 is 16.4 Å². The Labute approximate surface area is 132 Å². The maximum atomic E-state index is 12.2. The van der Waals surface area contributed by atoms with Crippen LogP contribution in [0.3, 0.4) is 0 Å². The normalized spacial score (nSPS) is 12.3. The zero-order valence-corrected chi connectivity index (χ0v) is 13.1. The molecule has 0 bridgehead atoms. The molecule has 0 saturated carbocycles. The minimum absolute atomic E-state index is 0.0251. The molecule has 0 fully saturated rings. The van der Waals surface area contributed by atoms with Crippen LogP contribution in [-0.4, -0.2) is 30.2 Å². The molecule has 122 valence electrons. The van der Waals surface area contributed by atoms with E-state index in [9.17, 15) is 18.4 Å². The largest absolute Gasteiger partial charge is 0.346 e. The highest BCUT2D eigenvalue weighted by Gasteiger charge is 2.17. The molecule has 1 rings (SSSR count). The third-order valence-electron chi connectivity index (χ3n) is 2.81. The second kappa shape index (κ2) is 8.70. The van der Waals surface area contributed by atoms with Gasteiger partial charge in [-0.3, -0.25) is 9.59 Å². The van der Waals surface area contributed by atoms with E-state index < -0.39 is 23.6 Å². The first-order valence-corrected chi connectivity index (χ1v) is 7.55. The highest BCUT2D eigenvalue weighted by Crippen LogP contribution is 2.26. The fourth-order valence-corrected chi connectivity index (χ4v) is 2.01. The monoisotopic (exact) mass is 331 g/mol. The summed E-state index contributed by atoms with van der Waals surface area (Å²) < 4.78 is 24.3. The summed E-state index contributed by atoms with van der Waals surface area (Å²) in [5.74, 6) is -3.32. The van der Waals surface area contributed by atoms with Crippen LogP contribution in [-0.2, 0) is 9.59 Å². The van der Waals surface area contributed by atoms with Crippen molar-refractivity contribution in [3.63, 3.8) is 0 Å². The van der Waals surface area contributed by atoms with Gasteiger partial charge in [-0.05, 0) is 30.2 Å². The van der Waals surface area contributed by atoms with E-state index in [0.717, 1.165) is 0 Å². The number of halogens is 2. The maximum absolute atomic E-state index is 12.2. The second-order valence-electron chi connectivity index (χ2n) is 4.94. The minimum Gasteiger partial charge on any atom is -0.346 e. The Hall–Kier alpha value is -1.67. The Morgan fingerprint density at radius 2 is 1.82 bits per heavy atom. The van der Waals surface area contributed by atoms with Crippen molar-refractivity contribution in [3.05, 3.63) is 24.3 Å². The molecule has 0 aliphatic heterocycles. The van der Waals surface area contributed by atoms with Crippen molar-refractivity contribution in [2.45, 2.75) is 30.5 Å². The molecule has 0 aromatic heterocycles. The molecule has 4 N–H and O–H groups in total. The molecule has 0 aliphatic carbocycles. The molecular formula is C14H19F2N3O2S. The lowest BCUT2D eigenvalue weighted by Gasteiger charge is -2.15. The SMILES string of the molecule is CC(C)[C@H](N)C(=O)NCC(=O)Nc1ccc(SC(F)F)cc1. The number of hydrogen-bond acceptors (Lipinski definition) is 4. The van der Waals surface area contributed by atoms with Gasteiger partial charge in [0.15, 0.2) is 0 Å². The highest BCUT2D eigenvalue weighted by molar-refractivity contribution is 7.99. The van der Waals surface area contributed by atoms with Crippen molar-refractivity contribution >= 4 is 29.3 Å². The third kappa shape index (κ3) is 6.40. The zero-order valence-electron chi connectivity index (χ0n) is 12.3. The lowest BCUT2D eigenvalue weighted by atomic mass is 10.1. The molecule has 22 heavy (non-hydrogen) atoms. The van der Waals surface area contributed by atoms with E-state index in [1.54, 1.807) is 0 Å². The van der Waals surface area contributed by atoms with Crippen LogP contribution >= 0.6 is 11.8 Å². The summed E-state index contributed by atoms with van der Waals surface area (Å²) in [6, 6.07) is 5.34. The quantitative estimate of drug-likeness (QED) is 0.668. The van der Waals surface area contributed by atoms with Crippen LogP contribution in [0.5, 0.6) is 0 Å². The number of thioether (sulfide) groups is 1. The van der Waals surface area contributed by atoms with Crippen molar-refractivity contribution in [2.75, 3.05) is 11.9 Å². The predicted molar refractivity (Wildman–Crippen MR) is 82.8 cm³/mol. The molecule has 1 atom stereocenters. The van der Waals surface area contributed by atoms with Gasteiger partial charge in [-0.15, -0.1) is 0 Å². The van der Waals surface area contributed by atoms with Crippen LogP contribution in [0.2, 0.25) is 0 Å². The Morgan fingerprint density at radius 3 is 2.32 bits per heavy atom. The standard InChI is InChI=1S/C14H19F2N3O2S/c1-8(2)12(17)13(21)18-7-11(20)19-9-3-5-10(6-4-9)22-14(15)16/h3-6,8,12,14H,7,17H2,1-2H3,(H,18,21)(H,19,20)/t12-/m0/s1. The molecule has 0 spiro atoms. The summed E-state index contributed by atoms with van der Waals surface area (Å²) in [5, 5.41) is 5.00.